The Kier molecular flexibility index (Phi) is 5.06. The lowest BCUT2D eigenvalue weighted by atomic mass is 10.2. The summed E-state index contributed by atoms with van der Waals surface area (Å²) < 4.78 is 0. The largest absolute Gasteiger partial charge is 0.226 e. The van der Waals surface area contributed by atoms with Crippen molar-refractivity contribution in [1.29, 1.82) is 0 Å². The van der Waals surface area contributed by atoms with Crippen LogP contribution in [-0.4, -0.2) is 9.97 Å². The second kappa shape index (κ2) is 6.59. The highest BCUT2D eigenvalue weighted by Crippen LogP contribution is 2.33. The molecular formula is C16H19ClN2S. The van der Waals surface area contributed by atoms with E-state index in [1.54, 1.807) is 11.8 Å². The van der Waals surface area contributed by atoms with E-state index in [1.165, 1.54) is 16.0 Å². The smallest absolute Gasteiger partial charge is 0.136 e. The minimum absolute atomic E-state index is 0.566. The third kappa shape index (κ3) is 3.53. The third-order valence-electron chi connectivity index (χ3n) is 3.11. The molecule has 4 heteroatoms. The molecule has 2 nitrogen and oxygen atoms in total. The van der Waals surface area contributed by atoms with Crippen LogP contribution in [-0.2, 0) is 6.42 Å². The van der Waals surface area contributed by atoms with E-state index in [9.17, 15) is 0 Å². The lowest BCUT2D eigenvalue weighted by molar-refractivity contribution is 0.801. The van der Waals surface area contributed by atoms with E-state index >= 15 is 0 Å². The van der Waals surface area contributed by atoms with E-state index in [4.69, 9.17) is 11.6 Å². The SMILES string of the molecule is CCCc1nc(Cl)c(C)c(Sc2cc(C)ccc2C)n1. The molecule has 0 radical (unpaired) electrons. The van der Waals surface area contributed by atoms with E-state index in [0.29, 0.717) is 5.15 Å². The summed E-state index contributed by atoms with van der Waals surface area (Å²) in [7, 11) is 0. The minimum Gasteiger partial charge on any atom is -0.226 e. The van der Waals surface area contributed by atoms with Crippen LogP contribution in [0.15, 0.2) is 28.1 Å². The van der Waals surface area contributed by atoms with Crippen molar-refractivity contribution in [3.63, 3.8) is 0 Å². The molecule has 106 valence electrons. The molecule has 0 atom stereocenters. The molecule has 0 spiro atoms. The van der Waals surface area contributed by atoms with Crippen molar-refractivity contribution in [3.8, 4) is 0 Å². The van der Waals surface area contributed by atoms with Crippen molar-refractivity contribution in [2.24, 2.45) is 0 Å². The topological polar surface area (TPSA) is 25.8 Å². The maximum Gasteiger partial charge on any atom is 0.136 e. The molecule has 1 heterocycles. The fourth-order valence-electron chi connectivity index (χ4n) is 1.87. The average molecular weight is 307 g/mol. The summed E-state index contributed by atoms with van der Waals surface area (Å²) in [5.41, 5.74) is 3.47. The maximum absolute atomic E-state index is 6.23. The zero-order valence-electron chi connectivity index (χ0n) is 12.3. The molecule has 1 aromatic carbocycles. The molecule has 0 aliphatic heterocycles. The van der Waals surface area contributed by atoms with E-state index in [1.807, 2.05) is 6.92 Å². The Morgan fingerprint density at radius 3 is 2.60 bits per heavy atom. The van der Waals surface area contributed by atoms with Gasteiger partial charge in [-0.15, -0.1) is 0 Å². The lowest BCUT2D eigenvalue weighted by Gasteiger charge is -2.10. The number of nitrogens with zero attached hydrogens (tertiary/aromatic N) is 2. The van der Waals surface area contributed by atoms with Gasteiger partial charge >= 0.3 is 0 Å². The van der Waals surface area contributed by atoms with Gasteiger partial charge in [0, 0.05) is 16.9 Å². The first kappa shape index (κ1) is 15.3. The molecule has 2 aromatic rings. The molecule has 20 heavy (non-hydrogen) atoms. The normalized spacial score (nSPS) is 10.8. The fraction of sp³-hybridized carbons (Fsp3) is 0.375. The Morgan fingerprint density at radius 1 is 1.15 bits per heavy atom. The highest BCUT2D eigenvalue weighted by molar-refractivity contribution is 7.99. The minimum atomic E-state index is 0.566. The molecular weight excluding hydrogens is 288 g/mol. The van der Waals surface area contributed by atoms with Gasteiger partial charge in [0.05, 0.1) is 0 Å². The van der Waals surface area contributed by atoms with Crippen LogP contribution in [0.4, 0.5) is 0 Å². The van der Waals surface area contributed by atoms with Crippen LogP contribution in [0.3, 0.4) is 0 Å². The summed E-state index contributed by atoms with van der Waals surface area (Å²) in [4.78, 5) is 10.2. The average Bonchev–Trinajstić information content (AvgIpc) is 2.40. The van der Waals surface area contributed by atoms with Gasteiger partial charge < -0.3 is 0 Å². The molecule has 0 saturated heterocycles. The van der Waals surface area contributed by atoms with Gasteiger partial charge in [-0.1, -0.05) is 42.4 Å². The lowest BCUT2D eigenvalue weighted by Crippen LogP contribution is -2.00. The number of rotatable bonds is 4. The molecule has 0 unspecified atom stereocenters. The molecule has 0 fully saturated rings. The van der Waals surface area contributed by atoms with Gasteiger partial charge in [0.1, 0.15) is 16.0 Å². The number of aromatic nitrogens is 2. The van der Waals surface area contributed by atoms with Crippen LogP contribution in [0.25, 0.3) is 0 Å². The van der Waals surface area contributed by atoms with E-state index in [-0.39, 0.29) is 0 Å². The molecule has 0 N–H and O–H groups in total. The van der Waals surface area contributed by atoms with Gasteiger partial charge in [0.25, 0.3) is 0 Å². The van der Waals surface area contributed by atoms with Crippen molar-refractivity contribution in [1.82, 2.24) is 9.97 Å². The highest BCUT2D eigenvalue weighted by atomic mass is 35.5. The zero-order valence-corrected chi connectivity index (χ0v) is 13.9. The first-order valence-corrected chi connectivity index (χ1v) is 7.98. The Balaban J connectivity index is 2.39. The van der Waals surface area contributed by atoms with E-state index in [2.05, 4.69) is 48.9 Å². The predicted octanol–water partition coefficient (Wildman–Crippen LogP) is 5.16. The summed E-state index contributed by atoms with van der Waals surface area (Å²) in [6.07, 6.45) is 1.88. The van der Waals surface area contributed by atoms with Gasteiger partial charge in [-0.25, -0.2) is 9.97 Å². The van der Waals surface area contributed by atoms with Crippen molar-refractivity contribution in [2.75, 3.05) is 0 Å². The van der Waals surface area contributed by atoms with E-state index in [0.717, 1.165) is 29.3 Å². The zero-order chi connectivity index (χ0) is 14.7. The van der Waals surface area contributed by atoms with Gasteiger partial charge in [-0.3, -0.25) is 0 Å². The van der Waals surface area contributed by atoms with Crippen molar-refractivity contribution in [3.05, 3.63) is 45.9 Å². The van der Waals surface area contributed by atoms with Crippen LogP contribution in [0.1, 0.15) is 35.9 Å². The van der Waals surface area contributed by atoms with Gasteiger partial charge in [-0.05, 0) is 44.4 Å². The van der Waals surface area contributed by atoms with Crippen LogP contribution in [0, 0.1) is 20.8 Å². The Bertz CT molecular complexity index is 626. The standard InChI is InChI=1S/C16H19ClN2S/c1-5-6-14-18-15(17)12(4)16(19-14)20-13-9-10(2)7-8-11(13)3/h7-9H,5-6H2,1-4H3. The molecule has 0 amide bonds. The van der Waals surface area contributed by atoms with Crippen molar-refractivity contribution in [2.45, 2.75) is 50.5 Å². The highest BCUT2D eigenvalue weighted by Gasteiger charge is 2.12. The number of hydrogen-bond donors (Lipinski definition) is 0. The van der Waals surface area contributed by atoms with Crippen LogP contribution in [0.5, 0.6) is 0 Å². The number of hydrogen-bond acceptors (Lipinski definition) is 3. The first-order chi connectivity index (χ1) is 9.51. The fourth-order valence-corrected chi connectivity index (χ4v) is 3.19. The van der Waals surface area contributed by atoms with Gasteiger partial charge in [0.2, 0.25) is 0 Å². The Morgan fingerprint density at radius 2 is 1.90 bits per heavy atom. The predicted molar refractivity (Wildman–Crippen MR) is 85.8 cm³/mol. The number of benzene rings is 1. The molecule has 2 rings (SSSR count). The van der Waals surface area contributed by atoms with Gasteiger partial charge in [0.15, 0.2) is 0 Å². The second-order valence-electron chi connectivity index (χ2n) is 4.98. The quantitative estimate of drug-likeness (QED) is 0.730. The molecule has 0 aliphatic carbocycles. The van der Waals surface area contributed by atoms with Crippen LogP contribution < -0.4 is 0 Å². The summed E-state index contributed by atoms with van der Waals surface area (Å²) in [5, 5.41) is 1.53. The second-order valence-corrected chi connectivity index (χ2v) is 6.37. The van der Waals surface area contributed by atoms with Crippen molar-refractivity contribution < 1.29 is 0 Å². The van der Waals surface area contributed by atoms with Crippen LogP contribution in [0.2, 0.25) is 5.15 Å². The van der Waals surface area contributed by atoms with E-state index < -0.39 is 0 Å². The molecule has 1 aromatic heterocycles. The molecule has 0 aliphatic rings. The molecule has 0 bridgehead atoms. The Hall–Kier alpha value is -1.06. The summed E-state index contributed by atoms with van der Waals surface area (Å²) in [6.45, 7) is 8.32. The summed E-state index contributed by atoms with van der Waals surface area (Å²) in [6, 6.07) is 6.46. The number of halogens is 1. The summed E-state index contributed by atoms with van der Waals surface area (Å²) in [5.74, 6) is 0.830. The van der Waals surface area contributed by atoms with Crippen molar-refractivity contribution >= 4 is 23.4 Å². The van der Waals surface area contributed by atoms with Gasteiger partial charge in [-0.2, -0.15) is 0 Å². The third-order valence-corrected chi connectivity index (χ3v) is 4.73. The summed E-state index contributed by atoms with van der Waals surface area (Å²) >= 11 is 7.90. The van der Waals surface area contributed by atoms with Crippen LogP contribution >= 0.6 is 23.4 Å². The first-order valence-electron chi connectivity index (χ1n) is 6.79. The molecule has 0 saturated carbocycles. The monoisotopic (exact) mass is 306 g/mol. The number of aryl methyl sites for hydroxylation is 3. The maximum atomic E-state index is 6.23. The Labute approximate surface area is 130 Å².